The van der Waals surface area contributed by atoms with E-state index in [1.807, 2.05) is 12.1 Å². The van der Waals surface area contributed by atoms with Crippen LogP contribution < -0.4 is 25.4 Å². The maximum absolute atomic E-state index is 13.8. The van der Waals surface area contributed by atoms with Crippen LogP contribution in [0.4, 0.5) is 9.59 Å². The third-order valence-electron chi connectivity index (χ3n) is 4.52. The Balaban J connectivity index is 2.11. The zero-order valence-corrected chi connectivity index (χ0v) is 24.2. The van der Waals surface area contributed by atoms with Gasteiger partial charge in [-0.2, -0.15) is 0 Å². The molecular weight excluding hydrogens is 523 g/mol. The van der Waals surface area contributed by atoms with E-state index in [0.29, 0.717) is 17.9 Å². The number of rotatable bonds is 9. The van der Waals surface area contributed by atoms with E-state index in [-0.39, 0.29) is 18.9 Å². The average molecular weight is 563 g/mol. The summed E-state index contributed by atoms with van der Waals surface area (Å²) in [4.78, 5) is 28.8. The smallest absolute Gasteiger partial charge is 0.444 e. The molecule has 2 rings (SSSR count). The number of hydrogen-bond acceptors (Lipinski definition) is 9. The molecular formula is C27H39N4O7P. The monoisotopic (exact) mass is 562 g/mol. The Labute approximate surface area is 230 Å². The van der Waals surface area contributed by atoms with Crippen LogP contribution >= 0.6 is 7.60 Å². The van der Waals surface area contributed by atoms with Crippen LogP contribution in [0.5, 0.6) is 11.5 Å². The van der Waals surface area contributed by atoms with Gasteiger partial charge in [-0.25, -0.2) is 14.2 Å². The van der Waals surface area contributed by atoms with Crippen molar-refractivity contribution in [2.45, 2.75) is 71.4 Å². The number of nitrogens with zero attached hydrogens (tertiary/aromatic N) is 1. The zero-order chi connectivity index (χ0) is 29.1. The normalized spacial score (nSPS) is 12.5. The Hall–Kier alpha value is -3.56. The summed E-state index contributed by atoms with van der Waals surface area (Å²) in [6, 6.07) is 17.3. The molecule has 0 radical (unpaired) electrons. The topological polar surface area (TPSA) is 151 Å². The summed E-state index contributed by atoms with van der Waals surface area (Å²) in [5.41, 5.74) is 4.81. The van der Waals surface area contributed by atoms with Crippen LogP contribution in [0.25, 0.3) is 0 Å². The van der Waals surface area contributed by atoms with Gasteiger partial charge < -0.3 is 24.3 Å². The summed E-state index contributed by atoms with van der Waals surface area (Å²) in [7, 11) is -3.86. The van der Waals surface area contributed by atoms with E-state index < -0.39 is 36.8 Å². The summed E-state index contributed by atoms with van der Waals surface area (Å²) in [6.45, 7) is 10.4. The van der Waals surface area contributed by atoms with Crippen molar-refractivity contribution >= 4 is 25.7 Å². The molecule has 0 spiro atoms. The lowest BCUT2D eigenvalue weighted by Crippen LogP contribution is -2.47. The highest BCUT2D eigenvalue weighted by Gasteiger charge is 2.36. The standard InChI is InChI=1S/C27H39N4O7P/c1-26(2,3)35-24(32)30-23(31-25(33)36-27(4,5)6)29-19-13-18-22(28)39(34,37-20-14-9-7-10-15-20)38-21-16-11-8-12-17-21/h7-12,14-17,22H,13,18-19,28H2,1-6H3,(H2,29,30,31,32,33). The van der Waals surface area contributed by atoms with E-state index in [0.717, 1.165) is 0 Å². The van der Waals surface area contributed by atoms with E-state index in [9.17, 15) is 14.2 Å². The SMILES string of the molecule is CC(C)(C)OC(=O)NC(=NCCCC(N)P(=O)(Oc1ccccc1)Oc1ccccc1)NC(=O)OC(C)(C)C. The first-order valence-corrected chi connectivity index (χ1v) is 14.2. The number of benzene rings is 2. The lowest BCUT2D eigenvalue weighted by Gasteiger charge is -2.25. The fourth-order valence-electron chi connectivity index (χ4n) is 2.97. The van der Waals surface area contributed by atoms with Gasteiger partial charge in [-0.15, -0.1) is 0 Å². The molecule has 0 heterocycles. The van der Waals surface area contributed by atoms with Crippen LogP contribution in [0.15, 0.2) is 65.7 Å². The summed E-state index contributed by atoms with van der Waals surface area (Å²) >= 11 is 0. The number of guanidine groups is 1. The molecule has 0 aromatic heterocycles. The minimum absolute atomic E-state index is 0.116. The maximum Gasteiger partial charge on any atom is 0.447 e. The minimum Gasteiger partial charge on any atom is -0.444 e. The van der Waals surface area contributed by atoms with E-state index in [1.54, 1.807) is 90.1 Å². The molecule has 214 valence electrons. The first-order chi connectivity index (χ1) is 18.2. The minimum atomic E-state index is -3.86. The maximum atomic E-state index is 13.8. The van der Waals surface area contributed by atoms with Gasteiger partial charge in [0.15, 0.2) is 0 Å². The molecule has 2 amide bonds. The molecule has 1 unspecified atom stereocenters. The van der Waals surface area contributed by atoms with Gasteiger partial charge >= 0.3 is 19.8 Å². The van der Waals surface area contributed by atoms with Gasteiger partial charge in [0, 0.05) is 6.54 Å². The molecule has 39 heavy (non-hydrogen) atoms. The highest BCUT2D eigenvalue weighted by Crippen LogP contribution is 2.52. The molecule has 0 fully saturated rings. The van der Waals surface area contributed by atoms with Gasteiger partial charge in [0.25, 0.3) is 0 Å². The largest absolute Gasteiger partial charge is 0.447 e. The second-order valence-electron chi connectivity index (χ2n) is 10.5. The molecule has 4 N–H and O–H groups in total. The number of hydrogen-bond donors (Lipinski definition) is 3. The van der Waals surface area contributed by atoms with Gasteiger partial charge in [0.2, 0.25) is 5.96 Å². The number of para-hydroxylation sites is 2. The Morgan fingerprint density at radius 2 is 1.23 bits per heavy atom. The van der Waals surface area contributed by atoms with Gasteiger partial charge in [0.1, 0.15) is 28.5 Å². The van der Waals surface area contributed by atoms with Crippen molar-refractivity contribution in [1.29, 1.82) is 0 Å². The molecule has 1 atom stereocenters. The van der Waals surface area contributed by atoms with Crippen LogP contribution in [0, 0.1) is 0 Å². The van der Waals surface area contributed by atoms with E-state index in [2.05, 4.69) is 15.6 Å². The molecule has 0 bridgehead atoms. The Morgan fingerprint density at radius 1 is 0.821 bits per heavy atom. The molecule has 2 aromatic rings. The van der Waals surface area contributed by atoms with Crippen molar-refractivity contribution in [1.82, 2.24) is 10.6 Å². The molecule has 11 nitrogen and oxygen atoms in total. The first kappa shape index (κ1) is 31.7. The van der Waals surface area contributed by atoms with Crippen LogP contribution in [0.1, 0.15) is 54.4 Å². The molecule has 0 aliphatic carbocycles. The second-order valence-corrected chi connectivity index (χ2v) is 12.7. The fourth-order valence-corrected chi connectivity index (χ4v) is 4.61. The fraction of sp³-hybridized carbons (Fsp3) is 0.444. The molecule has 0 saturated carbocycles. The van der Waals surface area contributed by atoms with Crippen LogP contribution in [-0.4, -0.2) is 41.7 Å². The van der Waals surface area contributed by atoms with Crippen molar-refractivity contribution in [3.05, 3.63) is 60.7 Å². The molecule has 0 aliphatic rings. The first-order valence-electron chi connectivity index (χ1n) is 12.5. The third-order valence-corrected chi connectivity index (χ3v) is 6.53. The number of amides is 2. The lowest BCUT2D eigenvalue weighted by molar-refractivity contribution is 0.0545. The number of nitrogens with two attached hydrogens (primary N) is 1. The van der Waals surface area contributed by atoms with Gasteiger partial charge in [-0.3, -0.25) is 15.6 Å². The van der Waals surface area contributed by atoms with Crippen LogP contribution in [0.3, 0.4) is 0 Å². The van der Waals surface area contributed by atoms with Crippen LogP contribution in [0.2, 0.25) is 0 Å². The number of nitrogens with one attached hydrogen (secondary N) is 2. The molecule has 0 saturated heterocycles. The van der Waals surface area contributed by atoms with Crippen molar-refractivity contribution in [3.63, 3.8) is 0 Å². The Morgan fingerprint density at radius 3 is 1.62 bits per heavy atom. The molecule has 0 aliphatic heterocycles. The number of carbonyl (C=O) groups excluding carboxylic acids is 2. The predicted molar refractivity (Wildman–Crippen MR) is 150 cm³/mol. The van der Waals surface area contributed by atoms with Gasteiger partial charge in [-0.1, -0.05) is 36.4 Å². The highest BCUT2D eigenvalue weighted by molar-refractivity contribution is 7.55. The zero-order valence-electron chi connectivity index (χ0n) is 23.3. The van der Waals surface area contributed by atoms with E-state index in [1.165, 1.54) is 0 Å². The number of carbonyl (C=O) groups is 2. The summed E-state index contributed by atoms with van der Waals surface area (Å²) in [6.07, 6.45) is -1.07. The number of alkyl carbamates (subject to hydrolysis) is 2. The van der Waals surface area contributed by atoms with E-state index in [4.69, 9.17) is 24.3 Å². The highest BCUT2D eigenvalue weighted by atomic mass is 31.2. The summed E-state index contributed by atoms with van der Waals surface area (Å²) in [5, 5.41) is 4.83. The van der Waals surface area contributed by atoms with Gasteiger partial charge in [0.05, 0.1) is 0 Å². The van der Waals surface area contributed by atoms with Crippen molar-refractivity contribution < 1.29 is 32.7 Å². The average Bonchev–Trinajstić information content (AvgIpc) is 2.80. The number of ether oxygens (including phenoxy) is 2. The molecule has 12 heteroatoms. The van der Waals surface area contributed by atoms with E-state index >= 15 is 0 Å². The van der Waals surface area contributed by atoms with Crippen LogP contribution in [-0.2, 0) is 14.0 Å². The van der Waals surface area contributed by atoms with Gasteiger partial charge in [-0.05, 0) is 78.6 Å². The Kier molecular flexibility index (Phi) is 11.4. The third kappa shape index (κ3) is 12.7. The molecule has 2 aromatic carbocycles. The van der Waals surface area contributed by atoms with Crippen molar-refractivity contribution in [2.24, 2.45) is 10.7 Å². The number of aliphatic imine (C=N–C) groups is 1. The van der Waals surface area contributed by atoms with Crippen molar-refractivity contribution in [3.8, 4) is 11.5 Å². The lowest BCUT2D eigenvalue weighted by atomic mass is 10.2. The summed E-state index contributed by atoms with van der Waals surface area (Å²) < 4.78 is 35.8. The Bertz CT molecular complexity index is 1070. The quantitative estimate of drug-likeness (QED) is 0.150. The second kappa shape index (κ2) is 14.0. The van der Waals surface area contributed by atoms with Crippen molar-refractivity contribution in [2.75, 3.05) is 6.54 Å². The predicted octanol–water partition coefficient (Wildman–Crippen LogP) is 5.81. The summed E-state index contributed by atoms with van der Waals surface area (Å²) in [5.74, 6) is -0.434.